The largest absolute Gasteiger partial charge is 0.376 e. The third-order valence-corrected chi connectivity index (χ3v) is 6.78. The summed E-state index contributed by atoms with van der Waals surface area (Å²) in [6.07, 6.45) is 7.39. The molecule has 178 valence electrons. The Labute approximate surface area is 199 Å². The van der Waals surface area contributed by atoms with Crippen molar-refractivity contribution in [1.82, 2.24) is 24.6 Å². The van der Waals surface area contributed by atoms with Crippen LogP contribution in [0, 0.1) is 12.8 Å². The summed E-state index contributed by atoms with van der Waals surface area (Å²) in [5.41, 5.74) is 2.19. The quantitative estimate of drug-likeness (QED) is 0.612. The Kier molecular flexibility index (Phi) is 6.49. The third kappa shape index (κ3) is 4.50. The van der Waals surface area contributed by atoms with Crippen molar-refractivity contribution in [2.45, 2.75) is 38.7 Å². The summed E-state index contributed by atoms with van der Waals surface area (Å²) in [4.78, 5) is 28.2. The molecule has 5 rings (SSSR count). The Hall–Kier alpha value is -3.39. The topological polar surface area (TPSA) is 81.4 Å². The number of likely N-dealkylation sites (tertiary alicyclic amines) is 1. The zero-order valence-electron chi connectivity index (χ0n) is 19.5. The van der Waals surface area contributed by atoms with Gasteiger partial charge in [-0.2, -0.15) is 5.10 Å². The van der Waals surface area contributed by atoms with E-state index in [0.29, 0.717) is 43.7 Å². The minimum Gasteiger partial charge on any atom is -0.376 e. The first-order chi connectivity index (χ1) is 16.6. The second kappa shape index (κ2) is 9.85. The van der Waals surface area contributed by atoms with Crippen molar-refractivity contribution in [3.8, 4) is 11.5 Å². The summed E-state index contributed by atoms with van der Waals surface area (Å²) in [5, 5.41) is 7.77. The summed E-state index contributed by atoms with van der Waals surface area (Å²) in [6.45, 7) is 4.35. The summed E-state index contributed by atoms with van der Waals surface area (Å²) < 4.78 is 9.36. The Morgan fingerprint density at radius 2 is 1.79 bits per heavy atom. The van der Waals surface area contributed by atoms with Crippen LogP contribution in [0.5, 0.6) is 0 Å². The molecule has 1 aromatic carbocycles. The molecule has 2 saturated heterocycles. The molecule has 8 heteroatoms. The predicted molar refractivity (Wildman–Crippen MR) is 128 cm³/mol. The molecule has 0 spiro atoms. The first kappa shape index (κ1) is 22.4. The smallest absolute Gasteiger partial charge is 0.259 e. The van der Waals surface area contributed by atoms with Crippen LogP contribution in [0.3, 0.4) is 0 Å². The second-order valence-electron chi connectivity index (χ2n) is 9.07. The van der Waals surface area contributed by atoms with Crippen LogP contribution in [-0.4, -0.2) is 63.4 Å². The minimum atomic E-state index is -0.0671. The number of hydrogen-bond donors (Lipinski definition) is 1. The summed E-state index contributed by atoms with van der Waals surface area (Å²) in [5.74, 6) is 0.697. The molecule has 34 heavy (non-hydrogen) atoms. The van der Waals surface area contributed by atoms with E-state index in [9.17, 15) is 9.59 Å². The Morgan fingerprint density at radius 3 is 2.47 bits per heavy atom. The zero-order chi connectivity index (χ0) is 23.5. The predicted octanol–water partition coefficient (Wildman–Crippen LogP) is 3.12. The molecule has 2 aliphatic rings. The Balaban J connectivity index is 1.31. The van der Waals surface area contributed by atoms with Crippen LogP contribution in [0.4, 0.5) is 0 Å². The van der Waals surface area contributed by atoms with Gasteiger partial charge in [0.05, 0.1) is 17.5 Å². The molecule has 1 N–H and O–H groups in total. The highest BCUT2D eigenvalue weighted by atomic mass is 16.5. The molecule has 1 unspecified atom stereocenters. The fourth-order valence-electron chi connectivity index (χ4n) is 4.90. The molecular weight excluding hydrogens is 430 g/mol. The lowest BCUT2D eigenvalue weighted by molar-refractivity contribution is -0.126. The van der Waals surface area contributed by atoms with E-state index < -0.39 is 0 Å². The molecule has 2 amide bonds. The van der Waals surface area contributed by atoms with Gasteiger partial charge in [-0.25, -0.2) is 4.68 Å². The zero-order valence-corrected chi connectivity index (χ0v) is 19.5. The van der Waals surface area contributed by atoms with Gasteiger partial charge in [0.2, 0.25) is 5.91 Å². The van der Waals surface area contributed by atoms with Gasteiger partial charge in [-0.1, -0.05) is 18.2 Å². The minimum absolute atomic E-state index is 0.0402. The highest BCUT2D eigenvalue weighted by Gasteiger charge is 2.32. The molecular formula is C26H31N5O3. The first-order valence-corrected chi connectivity index (χ1v) is 12.1. The third-order valence-electron chi connectivity index (χ3n) is 6.78. The number of nitrogens with one attached hydrogen (secondary N) is 1. The maximum atomic E-state index is 13.7. The van der Waals surface area contributed by atoms with Gasteiger partial charge in [-0.15, -0.1) is 0 Å². The molecule has 2 fully saturated rings. The number of amides is 2. The number of nitrogens with zero attached hydrogens (tertiary/aromatic N) is 4. The molecule has 1 atom stereocenters. The van der Waals surface area contributed by atoms with Crippen molar-refractivity contribution < 1.29 is 14.3 Å². The first-order valence-electron chi connectivity index (χ1n) is 12.1. The molecule has 3 aromatic rings. The maximum absolute atomic E-state index is 13.7. The highest BCUT2D eigenvalue weighted by molar-refractivity contribution is 5.99. The number of carbonyl (C=O) groups excluding carboxylic acids is 2. The van der Waals surface area contributed by atoms with E-state index in [1.165, 1.54) is 0 Å². The number of aromatic nitrogens is 3. The average molecular weight is 462 g/mol. The normalized spacial score (nSPS) is 18.9. The van der Waals surface area contributed by atoms with Gasteiger partial charge in [0, 0.05) is 44.6 Å². The van der Waals surface area contributed by atoms with Crippen LogP contribution < -0.4 is 5.32 Å². The molecule has 8 nitrogen and oxygen atoms in total. The van der Waals surface area contributed by atoms with Gasteiger partial charge >= 0.3 is 0 Å². The number of rotatable bonds is 6. The van der Waals surface area contributed by atoms with Crippen molar-refractivity contribution in [2.75, 3.05) is 26.2 Å². The Bertz CT molecular complexity index is 1120. The molecule has 0 aliphatic carbocycles. The van der Waals surface area contributed by atoms with E-state index in [2.05, 4.69) is 5.32 Å². The Morgan fingerprint density at radius 1 is 1.06 bits per heavy atom. The van der Waals surface area contributed by atoms with Crippen LogP contribution in [0.1, 0.15) is 41.7 Å². The van der Waals surface area contributed by atoms with Crippen molar-refractivity contribution in [3.05, 3.63) is 66.1 Å². The van der Waals surface area contributed by atoms with Crippen LogP contribution in [0.2, 0.25) is 0 Å². The maximum Gasteiger partial charge on any atom is 0.259 e. The lowest BCUT2D eigenvalue weighted by Gasteiger charge is -2.31. The summed E-state index contributed by atoms with van der Waals surface area (Å²) in [7, 11) is 0. The molecule has 0 bridgehead atoms. The summed E-state index contributed by atoms with van der Waals surface area (Å²) >= 11 is 0. The number of hydrogen-bond acceptors (Lipinski definition) is 4. The van der Waals surface area contributed by atoms with Crippen molar-refractivity contribution >= 4 is 11.8 Å². The number of aryl methyl sites for hydroxylation is 1. The fourth-order valence-corrected chi connectivity index (χ4v) is 4.90. The van der Waals surface area contributed by atoms with Gasteiger partial charge < -0.3 is 19.5 Å². The van der Waals surface area contributed by atoms with E-state index in [-0.39, 0.29) is 23.8 Å². The van der Waals surface area contributed by atoms with Gasteiger partial charge in [0.1, 0.15) is 5.56 Å². The SMILES string of the molecule is Cc1nn(-c2ccccc2)c(-n2cccc2)c1C(=O)N1CCC(C(=O)NCC2CCCO2)CC1. The van der Waals surface area contributed by atoms with Gasteiger partial charge in [-0.05, 0) is 56.9 Å². The number of carbonyl (C=O) groups is 2. The van der Waals surface area contributed by atoms with Gasteiger partial charge in [0.25, 0.3) is 5.91 Å². The molecule has 2 aromatic heterocycles. The number of benzene rings is 1. The molecule has 0 saturated carbocycles. The van der Waals surface area contributed by atoms with E-state index in [1.54, 1.807) is 0 Å². The lowest BCUT2D eigenvalue weighted by Crippen LogP contribution is -2.44. The van der Waals surface area contributed by atoms with Gasteiger partial charge in [0.15, 0.2) is 5.82 Å². The average Bonchev–Trinajstić information content (AvgIpc) is 3.64. The van der Waals surface area contributed by atoms with Crippen LogP contribution in [0.15, 0.2) is 54.9 Å². The van der Waals surface area contributed by atoms with E-state index in [1.807, 2.05) is 75.9 Å². The van der Waals surface area contributed by atoms with Crippen LogP contribution in [0.25, 0.3) is 11.5 Å². The van der Waals surface area contributed by atoms with Gasteiger partial charge in [-0.3, -0.25) is 9.59 Å². The standard InChI is InChI=1S/C26H31N5O3/c1-19-23(25(29-13-5-6-14-29)31(28-19)21-8-3-2-4-9-21)26(33)30-15-11-20(12-16-30)24(32)27-18-22-10-7-17-34-22/h2-6,8-9,13-14,20,22H,7,10-12,15-18H2,1H3,(H,27,32). The molecule has 0 radical (unpaired) electrons. The lowest BCUT2D eigenvalue weighted by atomic mass is 9.95. The van der Waals surface area contributed by atoms with Crippen molar-refractivity contribution in [1.29, 1.82) is 0 Å². The van der Waals surface area contributed by atoms with Crippen LogP contribution in [-0.2, 0) is 9.53 Å². The highest BCUT2D eigenvalue weighted by Crippen LogP contribution is 2.27. The second-order valence-corrected chi connectivity index (χ2v) is 9.07. The van der Waals surface area contributed by atoms with Crippen molar-refractivity contribution in [2.24, 2.45) is 5.92 Å². The monoisotopic (exact) mass is 461 g/mol. The molecule has 4 heterocycles. The number of para-hydroxylation sites is 1. The number of piperidine rings is 1. The van der Waals surface area contributed by atoms with E-state index in [0.717, 1.165) is 31.0 Å². The fraction of sp³-hybridized carbons (Fsp3) is 0.423. The molecule has 2 aliphatic heterocycles. The number of ether oxygens (including phenoxy) is 1. The van der Waals surface area contributed by atoms with Crippen molar-refractivity contribution in [3.63, 3.8) is 0 Å². The van der Waals surface area contributed by atoms with Crippen LogP contribution >= 0.6 is 0 Å². The van der Waals surface area contributed by atoms with E-state index in [4.69, 9.17) is 9.84 Å². The summed E-state index contributed by atoms with van der Waals surface area (Å²) in [6, 6.07) is 13.7. The van der Waals surface area contributed by atoms with E-state index >= 15 is 0 Å².